The quantitative estimate of drug-likeness (QED) is 0.662. The van der Waals surface area contributed by atoms with E-state index in [4.69, 9.17) is 18.3 Å². The Labute approximate surface area is 195 Å². The third kappa shape index (κ3) is 3.28. The number of carbonyl (C=O) groups excluding carboxylic acids is 3. The molecule has 180 valence electrons. The summed E-state index contributed by atoms with van der Waals surface area (Å²) < 4.78 is 21.3. The first-order valence-electron chi connectivity index (χ1n) is 11.4. The lowest BCUT2D eigenvalue weighted by Crippen LogP contribution is -2.64. The number of ether oxygens (including phenoxy) is 2. The number of rotatable bonds is 4. The van der Waals surface area contributed by atoms with Crippen LogP contribution in [0.3, 0.4) is 0 Å². The number of cyclic esters (lactones) is 1. The predicted octanol–water partition coefficient (Wildman–Crippen LogP) is 3.80. The van der Waals surface area contributed by atoms with E-state index in [1.165, 1.54) is 31.1 Å². The van der Waals surface area contributed by atoms with E-state index >= 15 is 0 Å². The van der Waals surface area contributed by atoms with Crippen LogP contribution in [0.15, 0.2) is 46.0 Å². The van der Waals surface area contributed by atoms with Crippen molar-refractivity contribution >= 4 is 23.7 Å². The molecule has 1 N–H and O–H groups in total. The molecule has 1 saturated heterocycles. The molecule has 0 radical (unpaired) electrons. The summed E-state index contributed by atoms with van der Waals surface area (Å²) in [6.07, 6.45) is 4.70. The summed E-state index contributed by atoms with van der Waals surface area (Å²) >= 11 is 0. The lowest BCUT2D eigenvalue weighted by Gasteiger charge is -2.60. The summed E-state index contributed by atoms with van der Waals surface area (Å²) in [7, 11) is 0. The van der Waals surface area contributed by atoms with Crippen LogP contribution >= 0.6 is 0 Å². The molecule has 0 bridgehead atoms. The molecule has 2 aromatic heterocycles. The highest BCUT2D eigenvalue weighted by Gasteiger charge is 2.67. The highest BCUT2D eigenvalue weighted by Crippen LogP contribution is 2.65. The maximum absolute atomic E-state index is 13.9. The molecule has 0 amide bonds. The van der Waals surface area contributed by atoms with Crippen LogP contribution in [0.5, 0.6) is 0 Å². The van der Waals surface area contributed by atoms with Crippen LogP contribution in [0.4, 0.5) is 0 Å². The Balaban J connectivity index is 1.54. The van der Waals surface area contributed by atoms with E-state index < -0.39 is 58.7 Å². The number of esters is 2. The Hall–Kier alpha value is -3.36. The van der Waals surface area contributed by atoms with E-state index in [0.717, 1.165) is 0 Å². The molecule has 9 nitrogen and oxygen atoms in total. The van der Waals surface area contributed by atoms with Gasteiger partial charge in [-0.25, -0.2) is 4.79 Å². The third-order valence-corrected chi connectivity index (χ3v) is 8.32. The van der Waals surface area contributed by atoms with Gasteiger partial charge in [0.25, 0.3) is 0 Å². The predicted molar refractivity (Wildman–Crippen MR) is 113 cm³/mol. The summed E-state index contributed by atoms with van der Waals surface area (Å²) in [6.45, 7) is 3.68. The number of carboxylic acids is 1. The van der Waals surface area contributed by atoms with Gasteiger partial charge in [0.2, 0.25) is 0 Å². The van der Waals surface area contributed by atoms with Crippen LogP contribution in [-0.2, 0) is 23.9 Å². The SMILES string of the molecule is CC12CCC3C(=O)OC(c4ccoc4)CC3(C)C1C(=O)C(OC(=O)c1ccoc1)CC2C(=O)O. The molecule has 7 unspecified atom stereocenters. The number of fused-ring (bicyclic) bond motifs is 3. The number of carboxylic acid groups (broad SMARTS) is 1. The Morgan fingerprint density at radius 1 is 1.09 bits per heavy atom. The van der Waals surface area contributed by atoms with Crippen LogP contribution in [0, 0.1) is 28.6 Å². The van der Waals surface area contributed by atoms with Crippen LogP contribution < -0.4 is 0 Å². The van der Waals surface area contributed by atoms with Crippen molar-refractivity contribution in [3.05, 3.63) is 48.3 Å². The fourth-order valence-electron chi connectivity index (χ4n) is 6.72. The summed E-state index contributed by atoms with van der Waals surface area (Å²) in [6, 6.07) is 3.13. The Bertz CT molecular complexity index is 1120. The lowest BCUT2D eigenvalue weighted by molar-refractivity contribution is -0.207. The first kappa shape index (κ1) is 22.4. The number of ketones is 1. The van der Waals surface area contributed by atoms with E-state index in [1.54, 1.807) is 6.07 Å². The molecule has 3 fully saturated rings. The number of furan rings is 2. The fourth-order valence-corrected chi connectivity index (χ4v) is 6.72. The van der Waals surface area contributed by atoms with E-state index in [1.807, 2.05) is 13.8 Å². The molecule has 5 rings (SSSR count). The van der Waals surface area contributed by atoms with Crippen molar-refractivity contribution in [2.24, 2.45) is 28.6 Å². The molecule has 2 aliphatic carbocycles. The topological polar surface area (TPSA) is 133 Å². The van der Waals surface area contributed by atoms with Gasteiger partial charge in [-0.2, -0.15) is 0 Å². The maximum atomic E-state index is 13.9. The fraction of sp³-hybridized carbons (Fsp3) is 0.520. The van der Waals surface area contributed by atoms with Crippen LogP contribution in [0.25, 0.3) is 0 Å². The normalized spacial score (nSPS) is 37.3. The second-order valence-electron chi connectivity index (χ2n) is 10.2. The van der Waals surface area contributed by atoms with Gasteiger partial charge in [-0.1, -0.05) is 13.8 Å². The molecule has 2 aromatic rings. The van der Waals surface area contributed by atoms with Crippen molar-refractivity contribution in [1.29, 1.82) is 0 Å². The van der Waals surface area contributed by atoms with E-state index in [9.17, 15) is 24.3 Å². The zero-order chi connectivity index (χ0) is 24.3. The van der Waals surface area contributed by atoms with Crippen molar-refractivity contribution in [3.63, 3.8) is 0 Å². The molecule has 0 aromatic carbocycles. The molecule has 3 aliphatic rings. The van der Waals surface area contributed by atoms with Gasteiger partial charge >= 0.3 is 17.9 Å². The first-order chi connectivity index (χ1) is 16.1. The van der Waals surface area contributed by atoms with Gasteiger partial charge in [0.05, 0.1) is 36.2 Å². The third-order valence-electron chi connectivity index (χ3n) is 8.32. The number of aliphatic carboxylic acids is 1. The monoisotopic (exact) mass is 470 g/mol. The van der Waals surface area contributed by atoms with Gasteiger partial charge < -0.3 is 23.4 Å². The smallest absolute Gasteiger partial charge is 0.342 e. The summed E-state index contributed by atoms with van der Waals surface area (Å²) in [5.41, 5.74) is -0.954. The molecule has 9 heteroatoms. The molecule has 0 spiro atoms. The van der Waals surface area contributed by atoms with Crippen LogP contribution in [0.1, 0.15) is 61.6 Å². The van der Waals surface area contributed by atoms with Crippen molar-refractivity contribution in [2.45, 2.75) is 51.7 Å². The number of hydrogen-bond donors (Lipinski definition) is 1. The second kappa shape index (κ2) is 7.85. The first-order valence-corrected chi connectivity index (χ1v) is 11.4. The molecule has 2 saturated carbocycles. The van der Waals surface area contributed by atoms with Crippen molar-refractivity contribution < 1.29 is 42.6 Å². The average molecular weight is 470 g/mol. The molecular weight excluding hydrogens is 444 g/mol. The summed E-state index contributed by atoms with van der Waals surface area (Å²) in [5, 5.41) is 10.1. The Kier molecular flexibility index (Phi) is 5.18. The van der Waals surface area contributed by atoms with Crippen molar-refractivity contribution in [3.8, 4) is 0 Å². The van der Waals surface area contributed by atoms with Gasteiger partial charge in [-0.3, -0.25) is 14.4 Å². The van der Waals surface area contributed by atoms with Crippen molar-refractivity contribution in [2.75, 3.05) is 0 Å². The Morgan fingerprint density at radius 2 is 1.82 bits per heavy atom. The molecular formula is C25H26O9. The van der Waals surface area contributed by atoms with Gasteiger partial charge in [-0.05, 0) is 42.2 Å². The van der Waals surface area contributed by atoms with E-state index in [2.05, 4.69) is 0 Å². The minimum absolute atomic E-state index is 0.110. The molecule has 7 atom stereocenters. The standard InChI is InChI=1S/C25H26O9/c1-24-6-3-15-23(30)34-18(13-4-7-31-11-13)10-25(15,2)20(24)19(26)17(9-16(24)21(27)28)33-22(29)14-5-8-32-12-14/h4-5,7-8,11-12,15-18,20H,3,6,9-10H2,1-2H3,(H,27,28). The molecule has 3 heterocycles. The number of Topliss-reactive ketones (excluding diaryl/α,β-unsaturated/α-hetero) is 1. The molecule has 34 heavy (non-hydrogen) atoms. The lowest BCUT2D eigenvalue weighted by atomic mass is 9.43. The minimum Gasteiger partial charge on any atom is -0.481 e. The van der Waals surface area contributed by atoms with Gasteiger partial charge in [0, 0.05) is 17.9 Å². The van der Waals surface area contributed by atoms with Crippen LogP contribution in [-0.4, -0.2) is 34.9 Å². The highest BCUT2D eigenvalue weighted by atomic mass is 16.6. The van der Waals surface area contributed by atoms with Crippen molar-refractivity contribution in [1.82, 2.24) is 0 Å². The minimum atomic E-state index is -1.23. The van der Waals surface area contributed by atoms with Gasteiger partial charge in [0.1, 0.15) is 12.4 Å². The van der Waals surface area contributed by atoms with E-state index in [-0.39, 0.29) is 17.8 Å². The number of carbonyl (C=O) groups is 4. The van der Waals surface area contributed by atoms with E-state index in [0.29, 0.717) is 24.8 Å². The zero-order valence-corrected chi connectivity index (χ0v) is 18.9. The van der Waals surface area contributed by atoms with Gasteiger partial charge in [-0.15, -0.1) is 0 Å². The number of hydrogen-bond acceptors (Lipinski definition) is 8. The zero-order valence-electron chi connectivity index (χ0n) is 18.9. The largest absolute Gasteiger partial charge is 0.481 e. The summed E-state index contributed by atoms with van der Waals surface area (Å²) in [5.74, 6) is -4.83. The van der Waals surface area contributed by atoms with Crippen LogP contribution in [0.2, 0.25) is 0 Å². The average Bonchev–Trinajstić information content (AvgIpc) is 3.49. The second-order valence-corrected chi connectivity index (χ2v) is 10.2. The summed E-state index contributed by atoms with van der Waals surface area (Å²) in [4.78, 5) is 52.0. The highest BCUT2D eigenvalue weighted by molar-refractivity contribution is 5.95. The molecule has 1 aliphatic heterocycles. The Morgan fingerprint density at radius 3 is 2.47 bits per heavy atom. The maximum Gasteiger partial charge on any atom is 0.342 e. The van der Waals surface area contributed by atoms with Gasteiger partial charge in [0.15, 0.2) is 11.9 Å².